The van der Waals surface area contributed by atoms with Gasteiger partial charge in [0.2, 0.25) is 11.7 Å². The largest absolute Gasteiger partial charge is 0.461 e. The monoisotopic (exact) mass is 553 g/mol. The number of carbonyl (C=O) groups is 5. The zero-order valence-electron chi connectivity index (χ0n) is 23.6. The molecule has 2 bridgehead atoms. The molecule has 11 heteroatoms. The summed E-state index contributed by atoms with van der Waals surface area (Å²) in [5.41, 5.74) is 0.842. The molecule has 11 nitrogen and oxygen atoms in total. The number of carbonyl (C=O) groups excluding carboxylic acids is 5. The molecule has 40 heavy (non-hydrogen) atoms. The van der Waals surface area contributed by atoms with Crippen molar-refractivity contribution in [3.05, 3.63) is 48.0 Å². The fourth-order valence-electron chi connectivity index (χ4n) is 4.58. The van der Waals surface area contributed by atoms with E-state index in [0.717, 1.165) is 5.56 Å². The molecular formula is C29H39N5O6. The molecule has 1 aliphatic rings. The highest BCUT2D eigenvalue weighted by molar-refractivity contribution is 6.37. The Balaban J connectivity index is 1.68. The first-order valence-electron chi connectivity index (χ1n) is 13.8. The van der Waals surface area contributed by atoms with Crippen molar-refractivity contribution in [2.24, 2.45) is 23.7 Å². The summed E-state index contributed by atoms with van der Waals surface area (Å²) in [6, 6.07) is 8.37. The third kappa shape index (κ3) is 9.10. The molecule has 2 aromatic rings. The van der Waals surface area contributed by atoms with Crippen LogP contribution in [0.4, 0.5) is 0 Å². The van der Waals surface area contributed by atoms with E-state index >= 15 is 0 Å². The molecular weight excluding hydrogens is 514 g/mol. The zero-order valence-corrected chi connectivity index (χ0v) is 23.6. The normalized spacial score (nSPS) is 17.2. The van der Waals surface area contributed by atoms with Crippen LogP contribution in [0.1, 0.15) is 58.3 Å². The van der Waals surface area contributed by atoms with Crippen molar-refractivity contribution in [2.75, 3.05) is 6.54 Å². The van der Waals surface area contributed by atoms with E-state index in [0.29, 0.717) is 18.7 Å². The molecule has 3 atom stereocenters. The van der Waals surface area contributed by atoms with E-state index in [1.165, 1.54) is 11.0 Å². The van der Waals surface area contributed by atoms with Crippen LogP contribution in [-0.4, -0.2) is 56.7 Å². The van der Waals surface area contributed by atoms with E-state index in [1.807, 2.05) is 58.0 Å². The first kappa shape index (κ1) is 30.6. The molecule has 0 saturated carbocycles. The van der Waals surface area contributed by atoms with Gasteiger partial charge >= 0.3 is 5.97 Å². The van der Waals surface area contributed by atoms with Crippen LogP contribution >= 0.6 is 0 Å². The lowest BCUT2D eigenvalue weighted by Crippen LogP contribution is -2.47. The topological polar surface area (TPSA) is 149 Å². The minimum absolute atomic E-state index is 0.0230. The summed E-state index contributed by atoms with van der Waals surface area (Å²) in [6.45, 7) is 7.85. The van der Waals surface area contributed by atoms with Crippen molar-refractivity contribution < 1.29 is 28.7 Å². The Morgan fingerprint density at radius 1 is 1.12 bits per heavy atom. The Hall–Kier alpha value is -3.89. The van der Waals surface area contributed by atoms with Gasteiger partial charge in [-0.05, 0) is 23.8 Å². The Bertz CT molecular complexity index is 1190. The maximum atomic E-state index is 13.5. The zero-order chi connectivity index (χ0) is 29.2. The maximum absolute atomic E-state index is 13.5. The molecule has 0 spiro atoms. The Labute approximate surface area is 234 Å². The first-order chi connectivity index (χ1) is 19.0. The molecule has 1 aromatic heterocycles. The third-order valence-electron chi connectivity index (χ3n) is 6.85. The summed E-state index contributed by atoms with van der Waals surface area (Å²) >= 11 is 0. The van der Waals surface area contributed by atoms with Gasteiger partial charge in [0.05, 0.1) is 30.8 Å². The average molecular weight is 554 g/mol. The van der Waals surface area contributed by atoms with Crippen molar-refractivity contribution in [2.45, 2.75) is 72.6 Å². The maximum Gasteiger partial charge on any atom is 0.306 e. The minimum Gasteiger partial charge on any atom is -0.461 e. The second kappa shape index (κ2) is 14.5. The summed E-state index contributed by atoms with van der Waals surface area (Å²) in [4.78, 5) is 68.9. The predicted octanol–water partition coefficient (Wildman–Crippen LogP) is 2.03. The van der Waals surface area contributed by atoms with Crippen LogP contribution < -0.4 is 10.6 Å². The van der Waals surface area contributed by atoms with Gasteiger partial charge in [0, 0.05) is 19.4 Å². The van der Waals surface area contributed by atoms with Crippen molar-refractivity contribution in [3.8, 4) is 0 Å². The highest BCUT2D eigenvalue weighted by Gasteiger charge is 2.34. The number of fused-ring (bicyclic) bond motifs is 2. The van der Waals surface area contributed by atoms with Gasteiger partial charge < -0.3 is 15.4 Å². The molecule has 0 radical (unpaired) electrons. The van der Waals surface area contributed by atoms with Crippen LogP contribution in [0.25, 0.3) is 0 Å². The van der Waals surface area contributed by atoms with E-state index in [9.17, 15) is 24.0 Å². The molecule has 3 unspecified atom stereocenters. The van der Waals surface area contributed by atoms with E-state index in [1.54, 1.807) is 0 Å². The molecule has 2 heterocycles. The third-order valence-corrected chi connectivity index (χ3v) is 6.85. The van der Waals surface area contributed by atoms with Gasteiger partial charge in [-0.25, -0.2) is 4.98 Å². The van der Waals surface area contributed by atoms with Crippen LogP contribution in [0.5, 0.6) is 0 Å². The number of Topliss-reactive ketones (excluding diaryl/α,β-unsaturated/α-hetero) is 2. The number of ketones is 2. The molecule has 2 amide bonds. The van der Waals surface area contributed by atoms with Gasteiger partial charge in [-0.2, -0.15) is 5.10 Å². The molecule has 3 rings (SSSR count). The van der Waals surface area contributed by atoms with Crippen LogP contribution in [-0.2, 0) is 48.3 Å². The van der Waals surface area contributed by atoms with Gasteiger partial charge in [-0.15, -0.1) is 0 Å². The molecule has 216 valence electrons. The highest BCUT2D eigenvalue weighted by atomic mass is 16.5. The van der Waals surface area contributed by atoms with E-state index in [4.69, 9.17) is 4.74 Å². The molecule has 0 fully saturated rings. The lowest BCUT2D eigenvalue weighted by molar-refractivity contribution is -0.149. The number of ether oxygens (including phenoxy) is 1. The lowest BCUT2D eigenvalue weighted by atomic mass is 9.88. The van der Waals surface area contributed by atoms with Gasteiger partial charge in [-0.3, -0.25) is 28.7 Å². The number of amides is 2. The fourth-order valence-corrected chi connectivity index (χ4v) is 4.58. The standard InChI is InChI=1S/C29H39N5O6/c1-18(2)12-23(24(35)13-21-15-34-17-31-25(33-34)10-11-30-29(39)27(21)37)32-28(38)22(19(3)4)14-26(36)40-16-20-8-6-5-7-9-20/h5-9,17-19,21-23H,10-16H2,1-4H3,(H,30,39)(H,32,38). The number of nitrogens with one attached hydrogen (secondary N) is 2. The molecule has 2 N–H and O–H groups in total. The Morgan fingerprint density at radius 3 is 2.52 bits per heavy atom. The Morgan fingerprint density at radius 2 is 1.85 bits per heavy atom. The van der Waals surface area contributed by atoms with Crippen LogP contribution in [0.2, 0.25) is 0 Å². The summed E-state index contributed by atoms with van der Waals surface area (Å²) in [6.07, 6.45) is 1.84. The van der Waals surface area contributed by atoms with Gasteiger partial charge in [0.15, 0.2) is 11.6 Å². The number of hydrogen-bond donors (Lipinski definition) is 2. The second-order valence-electron chi connectivity index (χ2n) is 11.0. The SMILES string of the molecule is CC(C)CC(NC(=O)C(CC(=O)OCc1ccccc1)C(C)C)C(=O)CC1Cn2cnc(n2)CCNC(=O)C1=O. The summed E-state index contributed by atoms with van der Waals surface area (Å²) in [7, 11) is 0. The number of esters is 1. The van der Waals surface area contributed by atoms with Gasteiger partial charge in [-0.1, -0.05) is 58.0 Å². The first-order valence-corrected chi connectivity index (χ1v) is 13.8. The van der Waals surface area contributed by atoms with Crippen LogP contribution in [0, 0.1) is 23.7 Å². The fraction of sp³-hybridized carbons (Fsp3) is 0.552. The number of rotatable bonds is 12. The minimum atomic E-state index is -0.958. The van der Waals surface area contributed by atoms with Crippen molar-refractivity contribution >= 4 is 29.4 Å². The summed E-state index contributed by atoms with van der Waals surface area (Å²) in [5.74, 6) is -4.02. The average Bonchev–Trinajstić information content (AvgIpc) is 3.35. The second-order valence-corrected chi connectivity index (χ2v) is 11.0. The van der Waals surface area contributed by atoms with Crippen molar-refractivity contribution in [1.82, 2.24) is 25.4 Å². The predicted molar refractivity (Wildman–Crippen MR) is 145 cm³/mol. The number of benzene rings is 1. The molecule has 0 saturated heterocycles. The molecule has 1 aliphatic heterocycles. The summed E-state index contributed by atoms with van der Waals surface area (Å²) < 4.78 is 6.84. The molecule has 0 aliphatic carbocycles. The highest BCUT2D eigenvalue weighted by Crippen LogP contribution is 2.20. The van der Waals surface area contributed by atoms with E-state index in [2.05, 4.69) is 20.7 Å². The van der Waals surface area contributed by atoms with Gasteiger partial charge in [0.1, 0.15) is 12.9 Å². The van der Waals surface area contributed by atoms with Gasteiger partial charge in [0.25, 0.3) is 5.91 Å². The van der Waals surface area contributed by atoms with Crippen LogP contribution in [0.15, 0.2) is 36.7 Å². The molecule has 1 aromatic carbocycles. The number of nitrogens with zero attached hydrogens (tertiary/aromatic N) is 3. The quantitative estimate of drug-likeness (QED) is 0.300. The number of hydrogen-bond acceptors (Lipinski definition) is 8. The lowest BCUT2D eigenvalue weighted by Gasteiger charge is -2.26. The van der Waals surface area contributed by atoms with Crippen molar-refractivity contribution in [3.63, 3.8) is 0 Å². The Kier molecular flexibility index (Phi) is 11.1. The smallest absolute Gasteiger partial charge is 0.306 e. The summed E-state index contributed by atoms with van der Waals surface area (Å²) in [5, 5.41) is 9.71. The number of aromatic nitrogens is 3. The van der Waals surface area contributed by atoms with Crippen LogP contribution in [0.3, 0.4) is 0 Å². The van der Waals surface area contributed by atoms with Crippen molar-refractivity contribution in [1.29, 1.82) is 0 Å². The van der Waals surface area contributed by atoms with E-state index < -0.39 is 41.4 Å². The van der Waals surface area contributed by atoms with E-state index in [-0.39, 0.29) is 50.2 Å².